The third-order valence-corrected chi connectivity index (χ3v) is 4.37. The average molecular weight is 359 g/mol. The summed E-state index contributed by atoms with van der Waals surface area (Å²) in [7, 11) is 0. The molecule has 0 fully saturated rings. The van der Waals surface area contributed by atoms with E-state index >= 15 is 0 Å². The number of nitrogens with zero attached hydrogens (tertiary/aromatic N) is 2. The van der Waals surface area contributed by atoms with Crippen molar-refractivity contribution in [1.29, 1.82) is 0 Å². The molecule has 0 unspecified atom stereocenters. The SMILES string of the molecule is Cc1ccccc1Cn1cc(NC(=O)c2cc3ccccc3oc2=O)cn1. The van der Waals surface area contributed by atoms with Crippen molar-refractivity contribution in [2.75, 3.05) is 5.32 Å². The van der Waals surface area contributed by atoms with Crippen molar-refractivity contribution >= 4 is 22.6 Å². The Hall–Kier alpha value is -3.67. The fourth-order valence-corrected chi connectivity index (χ4v) is 2.90. The van der Waals surface area contributed by atoms with Gasteiger partial charge in [-0.1, -0.05) is 42.5 Å². The van der Waals surface area contributed by atoms with Crippen LogP contribution in [-0.4, -0.2) is 15.7 Å². The molecular weight excluding hydrogens is 342 g/mol. The van der Waals surface area contributed by atoms with E-state index in [0.29, 0.717) is 23.2 Å². The van der Waals surface area contributed by atoms with Gasteiger partial charge in [-0.2, -0.15) is 5.10 Å². The molecule has 6 nitrogen and oxygen atoms in total. The predicted octanol–water partition coefficient (Wildman–Crippen LogP) is 3.60. The summed E-state index contributed by atoms with van der Waals surface area (Å²) in [6.07, 6.45) is 3.28. The monoisotopic (exact) mass is 359 g/mol. The Morgan fingerprint density at radius 1 is 1.15 bits per heavy atom. The van der Waals surface area contributed by atoms with Crippen molar-refractivity contribution < 1.29 is 9.21 Å². The first-order chi connectivity index (χ1) is 13.1. The third kappa shape index (κ3) is 3.50. The standard InChI is InChI=1S/C21H17N3O3/c1-14-6-2-3-8-16(14)12-24-13-17(11-22-24)23-20(25)18-10-15-7-4-5-9-19(15)27-21(18)26/h2-11,13H,12H2,1H3,(H,23,25). The molecule has 0 atom stereocenters. The molecule has 134 valence electrons. The molecule has 1 amide bonds. The number of aryl methyl sites for hydroxylation is 1. The van der Waals surface area contributed by atoms with Crippen LogP contribution in [0.25, 0.3) is 11.0 Å². The van der Waals surface area contributed by atoms with Gasteiger partial charge in [-0.05, 0) is 30.2 Å². The second-order valence-electron chi connectivity index (χ2n) is 6.29. The van der Waals surface area contributed by atoms with Gasteiger partial charge in [0, 0.05) is 11.6 Å². The topological polar surface area (TPSA) is 77.1 Å². The second kappa shape index (κ2) is 6.92. The summed E-state index contributed by atoms with van der Waals surface area (Å²) in [5.41, 5.74) is 2.58. The number of fused-ring (bicyclic) bond motifs is 1. The first kappa shape index (κ1) is 16.8. The van der Waals surface area contributed by atoms with Crippen LogP contribution in [0, 0.1) is 6.92 Å². The van der Waals surface area contributed by atoms with Crippen molar-refractivity contribution in [3.63, 3.8) is 0 Å². The first-order valence-corrected chi connectivity index (χ1v) is 8.51. The normalized spacial score (nSPS) is 10.9. The number of hydrogen-bond donors (Lipinski definition) is 1. The van der Waals surface area contributed by atoms with Crippen molar-refractivity contribution in [1.82, 2.24) is 9.78 Å². The Morgan fingerprint density at radius 3 is 2.78 bits per heavy atom. The maximum Gasteiger partial charge on any atom is 0.349 e. The molecular formula is C21H17N3O3. The lowest BCUT2D eigenvalue weighted by Crippen LogP contribution is -2.20. The lowest BCUT2D eigenvalue weighted by Gasteiger charge is -2.05. The van der Waals surface area contributed by atoms with Crippen LogP contribution in [0.5, 0.6) is 0 Å². The van der Waals surface area contributed by atoms with Gasteiger partial charge in [0.2, 0.25) is 0 Å². The molecule has 4 aromatic rings. The molecule has 0 bridgehead atoms. The minimum absolute atomic E-state index is 0.0413. The molecule has 0 saturated heterocycles. The number of carbonyl (C=O) groups excluding carboxylic acids is 1. The fourth-order valence-electron chi connectivity index (χ4n) is 2.90. The smallest absolute Gasteiger partial charge is 0.349 e. The van der Waals surface area contributed by atoms with Gasteiger partial charge < -0.3 is 9.73 Å². The summed E-state index contributed by atoms with van der Waals surface area (Å²) in [4.78, 5) is 24.6. The summed E-state index contributed by atoms with van der Waals surface area (Å²) < 4.78 is 6.95. The van der Waals surface area contributed by atoms with Crippen LogP contribution in [0.2, 0.25) is 0 Å². The quantitative estimate of drug-likeness (QED) is 0.565. The Morgan fingerprint density at radius 2 is 1.93 bits per heavy atom. The fraction of sp³-hybridized carbons (Fsp3) is 0.0952. The zero-order valence-electron chi connectivity index (χ0n) is 14.7. The van der Waals surface area contributed by atoms with Crippen molar-refractivity contribution in [2.45, 2.75) is 13.5 Å². The maximum atomic E-state index is 12.5. The molecule has 27 heavy (non-hydrogen) atoms. The lowest BCUT2D eigenvalue weighted by molar-refractivity contribution is 0.102. The van der Waals surface area contributed by atoms with E-state index in [0.717, 1.165) is 5.56 Å². The zero-order chi connectivity index (χ0) is 18.8. The Bertz CT molecular complexity index is 1190. The van der Waals surface area contributed by atoms with E-state index in [9.17, 15) is 9.59 Å². The van der Waals surface area contributed by atoms with Gasteiger partial charge >= 0.3 is 5.63 Å². The highest BCUT2D eigenvalue weighted by atomic mass is 16.4. The molecule has 2 aromatic heterocycles. The van der Waals surface area contributed by atoms with Crippen molar-refractivity contribution in [3.05, 3.63) is 94.1 Å². The van der Waals surface area contributed by atoms with Crippen LogP contribution in [-0.2, 0) is 6.54 Å². The van der Waals surface area contributed by atoms with Gasteiger partial charge in [0.05, 0.1) is 18.4 Å². The van der Waals surface area contributed by atoms with Crippen LogP contribution in [0.1, 0.15) is 21.5 Å². The summed E-state index contributed by atoms with van der Waals surface area (Å²) in [5.74, 6) is -0.523. The zero-order valence-corrected chi connectivity index (χ0v) is 14.7. The largest absolute Gasteiger partial charge is 0.422 e. The van der Waals surface area contributed by atoms with E-state index in [-0.39, 0.29) is 5.56 Å². The molecule has 1 N–H and O–H groups in total. The number of amides is 1. The Kier molecular flexibility index (Phi) is 4.30. The van der Waals surface area contributed by atoms with Gasteiger partial charge in [0.1, 0.15) is 11.1 Å². The Labute approximate surface area is 155 Å². The maximum absolute atomic E-state index is 12.5. The van der Waals surface area contributed by atoms with Gasteiger partial charge in [-0.15, -0.1) is 0 Å². The van der Waals surface area contributed by atoms with Gasteiger partial charge in [0.25, 0.3) is 5.91 Å². The molecule has 0 spiro atoms. The van der Waals surface area contributed by atoms with Crippen LogP contribution >= 0.6 is 0 Å². The van der Waals surface area contributed by atoms with E-state index in [1.54, 1.807) is 35.3 Å². The summed E-state index contributed by atoms with van der Waals surface area (Å²) in [5, 5.41) is 7.67. The molecule has 0 saturated carbocycles. The summed E-state index contributed by atoms with van der Waals surface area (Å²) in [6.45, 7) is 2.64. The van der Waals surface area contributed by atoms with Crippen LogP contribution in [0.3, 0.4) is 0 Å². The highest BCUT2D eigenvalue weighted by molar-refractivity contribution is 6.05. The minimum Gasteiger partial charge on any atom is -0.422 e. The number of benzene rings is 2. The molecule has 0 aliphatic rings. The highest BCUT2D eigenvalue weighted by Crippen LogP contribution is 2.15. The highest BCUT2D eigenvalue weighted by Gasteiger charge is 2.14. The van der Waals surface area contributed by atoms with E-state index in [1.165, 1.54) is 11.6 Å². The number of aromatic nitrogens is 2. The van der Waals surface area contributed by atoms with Crippen molar-refractivity contribution in [3.8, 4) is 0 Å². The number of para-hydroxylation sites is 1. The molecule has 6 heteroatoms. The second-order valence-corrected chi connectivity index (χ2v) is 6.29. The van der Waals surface area contributed by atoms with Gasteiger partial charge in [-0.25, -0.2) is 4.79 Å². The summed E-state index contributed by atoms with van der Waals surface area (Å²) in [6, 6.07) is 16.7. The average Bonchev–Trinajstić information content (AvgIpc) is 3.10. The van der Waals surface area contributed by atoms with Crippen LogP contribution in [0.4, 0.5) is 5.69 Å². The summed E-state index contributed by atoms with van der Waals surface area (Å²) >= 11 is 0. The van der Waals surface area contributed by atoms with E-state index in [1.807, 2.05) is 37.3 Å². The Balaban J connectivity index is 1.54. The number of hydrogen-bond acceptors (Lipinski definition) is 4. The number of anilines is 1. The van der Waals surface area contributed by atoms with E-state index < -0.39 is 11.5 Å². The number of nitrogens with one attached hydrogen (secondary N) is 1. The van der Waals surface area contributed by atoms with Gasteiger partial charge in [0.15, 0.2) is 0 Å². The van der Waals surface area contributed by atoms with Crippen molar-refractivity contribution in [2.24, 2.45) is 0 Å². The number of rotatable bonds is 4. The molecule has 0 aliphatic carbocycles. The third-order valence-electron chi connectivity index (χ3n) is 4.37. The van der Waals surface area contributed by atoms with E-state index in [2.05, 4.69) is 10.4 Å². The molecule has 4 rings (SSSR count). The number of carbonyl (C=O) groups is 1. The van der Waals surface area contributed by atoms with Crippen LogP contribution < -0.4 is 10.9 Å². The minimum atomic E-state index is -0.668. The molecule has 2 aromatic carbocycles. The molecule has 2 heterocycles. The van der Waals surface area contributed by atoms with E-state index in [4.69, 9.17) is 4.42 Å². The lowest BCUT2D eigenvalue weighted by atomic mass is 10.1. The molecule has 0 radical (unpaired) electrons. The molecule has 0 aliphatic heterocycles. The van der Waals surface area contributed by atoms with Crippen LogP contribution in [0.15, 0.2) is 76.2 Å². The van der Waals surface area contributed by atoms with Gasteiger partial charge in [-0.3, -0.25) is 9.48 Å². The first-order valence-electron chi connectivity index (χ1n) is 8.51. The predicted molar refractivity (Wildman–Crippen MR) is 103 cm³/mol.